The fourth-order valence-electron chi connectivity index (χ4n) is 0.300. The van der Waals surface area contributed by atoms with Gasteiger partial charge >= 0.3 is 7.12 Å². The summed E-state index contributed by atoms with van der Waals surface area (Å²) in [7, 11) is -1.18. The second-order valence-electron chi connectivity index (χ2n) is 1.41. The molecule has 0 bridgehead atoms. The third-order valence-electron chi connectivity index (χ3n) is 0.666. The lowest BCUT2D eigenvalue weighted by molar-refractivity contribution is 0.403. The highest BCUT2D eigenvalue weighted by Crippen LogP contribution is 1.86. The summed E-state index contributed by atoms with van der Waals surface area (Å²) < 4.78 is 0. The van der Waals surface area contributed by atoms with Gasteiger partial charge in [0, 0.05) is 0 Å². The molecule has 0 rings (SSSR count). The molecule has 0 saturated heterocycles. The van der Waals surface area contributed by atoms with Crippen molar-refractivity contribution in [3.63, 3.8) is 0 Å². The van der Waals surface area contributed by atoms with Crippen LogP contribution in [-0.4, -0.2) is 23.7 Å². The Morgan fingerprint density at radius 2 is 1.88 bits per heavy atom. The predicted octanol–water partition coefficient (Wildman–Crippen LogP) is -0.770. The number of halogens is 1. The third kappa shape index (κ3) is 9.53. The summed E-state index contributed by atoms with van der Waals surface area (Å²) in [6, 6.07) is 0. The van der Waals surface area contributed by atoms with Gasteiger partial charge in [0.2, 0.25) is 0 Å². The summed E-state index contributed by atoms with van der Waals surface area (Å²) in [4.78, 5) is 0. The Balaban J connectivity index is 0. The van der Waals surface area contributed by atoms with Crippen LogP contribution < -0.4 is 5.73 Å². The number of nitrogens with two attached hydrogens (primary N) is 1. The lowest BCUT2D eigenvalue weighted by Gasteiger charge is -1.91. The van der Waals surface area contributed by atoms with Gasteiger partial charge in [-0.3, -0.25) is 0 Å². The van der Waals surface area contributed by atoms with Crippen LogP contribution in [0.2, 0.25) is 6.32 Å². The van der Waals surface area contributed by atoms with Crippen molar-refractivity contribution in [1.29, 1.82) is 0 Å². The summed E-state index contributed by atoms with van der Waals surface area (Å²) in [5.74, 6) is 0. The summed E-state index contributed by atoms with van der Waals surface area (Å²) in [5, 5.41) is 16.4. The molecule has 8 heavy (non-hydrogen) atoms. The van der Waals surface area contributed by atoms with Crippen molar-refractivity contribution in [3.8, 4) is 0 Å². The van der Waals surface area contributed by atoms with E-state index in [1.54, 1.807) is 0 Å². The van der Waals surface area contributed by atoms with Crippen molar-refractivity contribution in [2.24, 2.45) is 5.73 Å². The molecule has 0 amide bonds. The first-order valence-electron chi connectivity index (χ1n) is 2.33. The number of hydrogen-bond acceptors (Lipinski definition) is 3. The number of rotatable bonds is 3. The summed E-state index contributed by atoms with van der Waals surface area (Å²) in [6.07, 6.45) is 1.06. The Kier molecular flexibility index (Phi) is 10.0. The third-order valence-corrected chi connectivity index (χ3v) is 0.666. The van der Waals surface area contributed by atoms with Gasteiger partial charge in [-0.15, -0.1) is 12.4 Å². The van der Waals surface area contributed by atoms with E-state index < -0.39 is 7.12 Å². The van der Waals surface area contributed by atoms with Crippen molar-refractivity contribution >= 4 is 19.5 Å². The van der Waals surface area contributed by atoms with E-state index >= 15 is 0 Å². The van der Waals surface area contributed by atoms with E-state index in [9.17, 15) is 0 Å². The van der Waals surface area contributed by atoms with Gasteiger partial charge in [0.05, 0.1) is 0 Å². The van der Waals surface area contributed by atoms with Crippen LogP contribution in [0.5, 0.6) is 0 Å². The first kappa shape index (κ1) is 11.1. The Morgan fingerprint density at radius 3 is 2.00 bits per heavy atom. The maximum Gasteiger partial charge on any atom is 0.451 e. The maximum atomic E-state index is 8.18. The van der Waals surface area contributed by atoms with Gasteiger partial charge in [0.25, 0.3) is 0 Å². The Labute approximate surface area is 55.4 Å². The molecule has 0 radical (unpaired) electrons. The van der Waals surface area contributed by atoms with Crippen molar-refractivity contribution in [3.05, 3.63) is 0 Å². The van der Waals surface area contributed by atoms with Crippen LogP contribution in [0, 0.1) is 0 Å². The predicted molar refractivity (Wildman–Crippen MR) is 35.9 cm³/mol. The van der Waals surface area contributed by atoms with Gasteiger partial charge in [-0.05, 0) is 19.3 Å². The van der Waals surface area contributed by atoms with Crippen LogP contribution in [0.3, 0.4) is 0 Å². The molecule has 50 valence electrons. The van der Waals surface area contributed by atoms with Crippen LogP contribution in [0.4, 0.5) is 0 Å². The Bertz CT molecular complexity index is 46.3. The quantitative estimate of drug-likeness (QED) is 0.450. The molecule has 0 saturated carbocycles. The van der Waals surface area contributed by atoms with Gasteiger partial charge in [-0.1, -0.05) is 0 Å². The van der Waals surface area contributed by atoms with E-state index in [2.05, 4.69) is 0 Å². The van der Waals surface area contributed by atoms with Crippen LogP contribution >= 0.6 is 12.4 Å². The van der Waals surface area contributed by atoms with Crippen molar-refractivity contribution in [1.82, 2.24) is 0 Å². The smallest absolute Gasteiger partial charge is 0.427 e. The van der Waals surface area contributed by atoms with Crippen molar-refractivity contribution in [2.75, 3.05) is 6.54 Å². The van der Waals surface area contributed by atoms with Crippen LogP contribution in [0.15, 0.2) is 0 Å². The van der Waals surface area contributed by atoms with Crippen molar-refractivity contribution < 1.29 is 10.0 Å². The van der Waals surface area contributed by atoms with Crippen LogP contribution in [0.1, 0.15) is 6.42 Å². The molecule has 0 aromatic carbocycles. The molecule has 0 spiro atoms. The zero-order valence-corrected chi connectivity index (χ0v) is 5.40. The van der Waals surface area contributed by atoms with Crippen molar-refractivity contribution in [2.45, 2.75) is 12.7 Å². The van der Waals surface area contributed by atoms with Crippen LogP contribution in [0.25, 0.3) is 0 Å². The first-order valence-corrected chi connectivity index (χ1v) is 2.33. The van der Waals surface area contributed by atoms with E-state index in [0.29, 0.717) is 19.3 Å². The van der Waals surface area contributed by atoms with E-state index in [4.69, 9.17) is 15.8 Å². The van der Waals surface area contributed by atoms with E-state index in [-0.39, 0.29) is 12.4 Å². The maximum absolute atomic E-state index is 8.18. The highest BCUT2D eigenvalue weighted by molar-refractivity contribution is 6.40. The standard InChI is InChI=1S/C3H10BNO2.ClH/c5-3-1-2-4(6)7;/h6-7H,1-3,5H2;1H. The fraction of sp³-hybridized carbons (Fsp3) is 1.00. The minimum Gasteiger partial charge on any atom is -0.427 e. The summed E-state index contributed by atoms with van der Waals surface area (Å²) in [5.41, 5.74) is 5.05. The molecule has 0 atom stereocenters. The molecule has 3 nitrogen and oxygen atoms in total. The molecule has 0 aliphatic rings. The zero-order chi connectivity index (χ0) is 5.70. The second-order valence-corrected chi connectivity index (χ2v) is 1.41. The zero-order valence-electron chi connectivity index (χ0n) is 4.58. The second kappa shape index (κ2) is 7.23. The largest absolute Gasteiger partial charge is 0.451 e. The highest BCUT2D eigenvalue weighted by Gasteiger charge is 2.02. The molecule has 0 aromatic heterocycles. The van der Waals surface area contributed by atoms with Crippen LogP contribution in [-0.2, 0) is 0 Å². The topological polar surface area (TPSA) is 66.5 Å². The SMILES string of the molecule is Cl.NCCCB(O)O. The van der Waals surface area contributed by atoms with Gasteiger partial charge in [0.15, 0.2) is 0 Å². The van der Waals surface area contributed by atoms with E-state index in [1.165, 1.54) is 0 Å². The monoisotopic (exact) mass is 139 g/mol. The molecule has 0 aliphatic carbocycles. The summed E-state index contributed by atoms with van der Waals surface area (Å²) >= 11 is 0. The fourth-order valence-corrected chi connectivity index (χ4v) is 0.300. The normalized spacial score (nSPS) is 7.88. The molecule has 4 N–H and O–H groups in total. The Morgan fingerprint density at radius 1 is 1.38 bits per heavy atom. The molecular formula is C3H11BClNO2. The average molecular weight is 139 g/mol. The minimum atomic E-state index is -1.18. The molecule has 0 unspecified atom stereocenters. The first-order chi connectivity index (χ1) is 3.27. The minimum absolute atomic E-state index is 0. The van der Waals surface area contributed by atoms with Gasteiger partial charge in [-0.25, -0.2) is 0 Å². The molecule has 0 heterocycles. The number of hydrogen-bond donors (Lipinski definition) is 3. The molecule has 5 heteroatoms. The van der Waals surface area contributed by atoms with E-state index in [0.717, 1.165) is 0 Å². The Hall–Kier alpha value is 0.235. The van der Waals surface area contributed by atoms with Gasteiger partial charge in [0.1, 0.15) is 0 Å². The van der Waals surface area contributed by atoms with Gasteiger partial charge < -0.3 is 15.8 Å². The molecule has 0 fully saturated rings. The summed E-state index contributed by atoms with van der Waals surface area (Å²) in [6.45, 7) is 0.525. The molecule has 0 aliphatic heterocycles. The average Bonchev–Trinajstić information content (AvgIpc) is 1.61. The lowest BCUT2D eigenvalue weighted by Crippen LogP contribution is -2.12. The lowest BCUT2D eigenvalue weighted by atomic mass is 9.85. The van der Waals surface area contributed by atoms with Gasteiger partial charge in [-0.2, -0.15) is 0 Å². The highest BCUT2D eigenvalue weighted by atomic mass is 35.5. The molecular weight excluding hydrogens is 128 g/mol. The van der Waals surface area contributed by atoms with E-state index in [1.807, 2.05) is 0 Å². The molecule has 0 aromatic rings.